The monoisotopic (exact) mass is 258 g/mol. The van der Waals surface area contributed by atoms with Crippen molar-refractivity contribution in [1.29, 1.82) is 0 Å². The first kappa shape index (κ1) is 14.1. The molecule has 1 fully saturated rings. The first-order valence-electron chi connectivity index (χ1n) is 6.94. The fourth-order valence-corrected chi connectivity index (χ4v) is 3.52. The zero-order chi connectivity index (χ0) is 13.9. The summed E-state index contributed by atoms with van der Waals surface area (Å²) < 4.78 is 0. The van der Waals surface area contributed by atoms with Crippen LogP contribution in [-0.2, 0) is 5.41 Å². The van der Waals surface area contributed by atoms with Gasteiger partial charge in [-0.05, 0) is 25.3 Å². The van der Waals surface area contributed by atoms with Crippen molar-refractivity contribution in [2.75, 3.05) is 0 Å². The Kier molecular flexibility index (Phi) is 3.99. The summed E-state index contributed by atoms with van der Waals surface area (Å²) in [5.41, 5.74) is -0.760. The van der Waals surface area contributed by atoms with E-state index in [1.165, 1.54) is 0 Å². The van der Waals surface area contributed by atoms with Gasteiger partial charge in [0.2, 0.25) is 0 Å². The zero-order valence-electron chi connectivity index (χ0n) is 11.5. The van der Waals surface area contributed by atoms with Gasteiger partial charge in [-0.25, -0.2) is 0 Å². The number of aliphatic hydroxyl groups is 2. The van der Waals surface area contributed by atoms with Crippen molar-refractivity contribution in [2.45, 2.75) is 56.1 Å². The Bertz CT molecular complexity index is 458. The van der Waals surface area contributed by atoms with E-state index in [2.05, 4.69) is 5.92 Å². The molecule has 1 aliphatic carbocycles. The first-order valence-corrected chi connectivity index (χ1v) is 6.94. The van der Waals surface area contributed by atoms with Crippen molar-refractivity contribution < 1.29 is 10.2 Å². The van der Waals surface area contributed by atoms with Crippen molar-refractivity contribution in [1.82, 2.24) is 0 Å². The zero-order valence-corrected chi connectivity index (χ0v) is 11.5. The van der Waals surface area contributed by atoms with E-state index in [0.29, 0.717) is 0 Å². The van der Waals surface area contributed by atoms with E-state index in [1.807, 2.05) is 30.3 Å². The Morgan fingerprint density at radius 1 is 1.37 bits per heavy atom. The molecule has 102 valence electrons. The Labute approximate surface area is 115 Å². The number of hydrogen-bond donors (Lipinski definition) is 2. The lowest BCUT2D eigenvalue weighted by molar-refractivity contribution is -0.100. The van der Waals surface area contributed by atoms with Crippen LogP contribution in [0, 0.1) is 12.3 Å². The van der Waals surface area contributed by atoms with Crippen LogP contribution in [0.15, 0.2) is 30.3 Å². The van der Waals surface area contributed by atoms with Crippen molar-refractivity contribution in [2.24, 2.45) is 0 Å². The molecule has 19 heavy (non-hydrogen) atoms. The minimum Gasteiger partial charge on any atom is -0.392 e. The molecule has 2 rings (SSSR count). The van der Waals surface area contributed by atoms with Gasteiger partial charge in [0.1, 0.15) is 0 Å². The third kappa shape index (κ3) is 2.29. The highest BCUT2D eigenvalue weighted by Gasteiger charge is 2.53. The molecule has 1 aromatic carbocycles. The molecule has 0 spiro atoms. The van der Waals surface area contributed by atoms with Gasteiger partial charge in [0.25, 0.3) is 0 Å². The van der Waals surface area contributed by atoms with Gasteiger partial charge in [-0.1, -0.05) is 43.2 Å². The second-order valence-corrected chi connectivity index (χ2v) is 5.75. The van der Waals surface area contributed by atoms with Crippen LogP contribution in [-0.4, -0.2) is 21.9 Å². The second kappa shape index (κ2) is 5.36. The maximum Gasteiger partial charge on any atom is 0.0849 e. The van der Waals surface area contributed by atoms with E-state index < -0.39 is 17.1 Å². The summed E-state index contributed by atoms with van der Waals surface area (Å²) >= 11 is 0. The van der Waals surface area contributed by atoms with Gasteiger partial charge in [0, 0.05) is 6.42 Å². The molecule has 2 nitrogen and oxygen atoms in total. The van der Waals surface area contributed by atoms with E-state index in [1.54, 1.807) is 6.92 Å². The van der Waals surface area contributed by atoms with Crippen molar-refractivity contribution in [3.8, 4) is 12.3 Å². The average molecular weight is 258 g/mol. The number of aliphatic hydroxyl groups excluding tert-OH is 1. The lowest BCUT2D eigenvalue weighted by atomic mass is 9.58. The predicted octanol–water partition coefficient (Wildman–Crippen LogP) is 2.63. The van der Waals surface area contributed by atoms with Crippen LogP contribution < -0.4 is 0 Å². The number of hydrogen-bond acceptors (Lipinski definition) is 2. The second-order valence-electron chi connectivity index (χ2n) is 5.75. The standard InChI is InChI=1S/C17H22O2/c1-3-12-16(2,19)17(13-8-7-11-15(17)18)14-9-5-4-6-10-14/h1,4-6,9-10,15,18-19H,7-8,11-13H2,2H3/t15-,16-,17-/m0/s1. The van der Waals surface area contributed by atoms with Gasteiger partial charge in [0.05, 0.1) is 17.1 Å². The molecule has 0 bridgehead atoms. The molecule has 2 heteroatoms. The number of benzene rings is 1. The van der Waals surface area contributed by atoms with Gasteiger partial charge in [-0.15, -0.1) is 12.3 Å². The van der Waals surface area contributed by atoms with Crippen LogP contribution >= 0.6 is 0 Å². The molecule has 1 saturated carbocycles. The number of terminal acetylenes is 1. The smallest absolute Gasteiger partial charge is 0.0849 e. The molecule has 0 unspecified atom stereocenters. The van der Waals surface area contributed by atoms with Crippen LogP contribution in [0.5, 0.6) is 0 Å². The fraction of sp³-hybridized carbons (Fsp3) is 0.529. The topological polar surface area (TPSA) is 40.5 Å². The van der Waals surface area contributed by atoms with Crippen molar-refractivity contribution in [3.05, 3.63) is 35.9 Å². The Morgan fingerprint density at radius 2 is 2.05 bits per heavy atom. The summed E-state index contributed by atoms with van der Waals surface area (Å²) in [6, 6.07) is 9.82. The highest BCUT2D eigenvalue weighted by molar-refractivity contribution is 5.33. The molecule has 1 aliphatic rings. The lowest BCUT2D eigenvalue weighted by Crippen LogP contribution is -2.58. The summed E-state index contributed by atoms with van der Waals surface area (Å²) in [5, 5.41) is 21.5. The largest absolute Gasteiger partial charge is 0.392 e. The summed E-state index contributed by atoms with van der Waals surface area (Å²) in [4.78, 5) is 0. The molecule has 3 atom stereocenters. The van der Waals surface area contributed by atoms with Gasteiger partial charge in [-0.2, -0.15) is 0 Å². The highest BCUT2D eigenvalue weighted by atomic mass is 16.3. The normalized spacial score (nSPS) is 30.3. The molecular weight excluding hydrogens is 236 g/mol. The van der Waals surface area contributed by atoms with E-state index in [0.717, 1.165) is 31.2 Å². The maximum atomic E-state index is 10.9. The van der Waals surface area contributed by atoms with Crippen LogP contribution in [0.3, 0.4) is 0 Å². The molecule has 0 saturated heterocycles. The average Bonchev–Trinajstić information content (AvgIpc) is 2.40. The van der Waals surface area contributed by atoms with Crippen LogP contribution in [0.25, 0.3) is 0 Å². The van der Waals surface area contributed by atoms with Gasteiger partial charge in [0.15, 0.2) is 0 Å². The van der Waals surface area contributed by atoms with Crippen LogP contribution in [0.2, 0.25) is 0 Å². The predicted molar refractivity (Wildman–Crippen MR) is 76.7 cm³/mol. The van der Waals surface area contributed by atoms with E-state index >= 15 is 0 Å². The van der Waals surface area contributed by atoms with Gasteiger partial charge in [-0.3, -0.25) is 0 Å². The third-order valence-corrected chi connectivity index (χ3v) is 4.56. The van der Waals surface area contributed by atoms with E-state index in [-0.39, 0.29) is 6.42 Å². The molecule has 0 amide bonds. The van der Waals surface area contributed by atoms with Crippen molar-refractivity contribution in [3.63, 3.8) is 0 Å². The summed E-state index contributed by atoms with van der Waals surface area (Å²) in [7, 11) is 0. The van der Waals surface area contributed by atoms with Crippen LogP contribution in [0.1, 0.15) is 44.6 Å². The molecule has 0 heterocycles. The van der Waals surface area contributed by atoms with E-state index in [4.69, 9.17) is 6.42 Å². The molecule has 0 aromatic heterocycles. The first-order chi connectivity index (χ1) is 9.04. The lowest BCUT2D eigenvalue weighted by Gasteiger charge is -2.50. The fourth-order valence-electron chi connectivity index (χ4n) is 3.52. The minimum atomic E-state index is -1.09. The molecule has 0 radical (unpaired) electrons. The highest BCUT2D eigenvalue weighted by Crippen LogP contribution is 2.48. The minimum absolute atomic E-state index is 0.249. The summed E-state index contributed by atoms with van der Waals surface area (Å²) in [5.74, 6) is 2.56. The van der Waals surface area contributed by atoms with Crippen LogP contribution in [0.4, 0.5) is 0 Å². The van der Waals surface area contributed by atoms with Crippen molar-refractivity contribution >= 4 is 0 Å². The molecule has 0 aliphatic heterocycles. The van der Waals surface area contributed by atoms with Gasteiger partial charge >= 0.3 is 0 Å². The Balaban J connectivity index is 2.53. The maximum absolute atomic E-state index is 10.9. The summed E-state index contributed by atoms with van der Waals surface area (Å²) in [6.07, 6.45) is 8.61. The quantitative estimate of drug-likeness (QED) is 0.818. The number of rotatable bonds is 3. The summed E-state index contributed by atoms with van der Waals surface area (Å²) in [6.45, 7) is 1.76. The SMILES string of the molecule is C#CC[C@](C)(O)[C@]1(c2ccccc2)CCCC[C@@H]1O. The molecular formula is C17H22O2. The Morgan fingerprint density at radius 3 is 2.63 bits per heavy atom. The molecule has 1 aromatic rings. The molecule has 2 N–H and O–H groups in total. The Hall–Kier alpha value is -1.30. The third-order valence-electron chi connectivity index (χ3n) is 4.56. The van der Waals surface area contributed by atoms with Gasteiger partial charge < -0.3 is 10.2 Å². The van der Waals surface area contributed by atoms with E-state index in [9.17, 15) is 10.2 Å².